The maximum Gasteiger partial charge on any atom is 0.240 e. The molecule has 0 N–H and O–H groups in total. The highest BCUT2D eigenvalue weighted by molar-refractivity contribution is 6.10. The number of imide groups is 1. The van der Waals surface area contributed by atoms with Crippen LogP contribution in [0.15, 0.2) is 42.5 Å². The van der Waals surface area contributed by atoms with Gasteiger partial charge in [0.2, 0.25) is 17.7 Å². The predicted molar refractivity (Wildman–Crippen MR) is 131 cm³/mol. The molecular formula is C27H32N2O7. The number of ether oxygens (including phenoxy) is 4. The molecule has 0 radical (unpaired) electrons. The summed E-state index contributed by atoms with van der Waals surface area (Å²) in [7, 11) is 4.75. The molecule has 2 aromatic carbocycles. The zero-order valence-corrected chi connectivity index (χ0v) is 21.1. The fraction of sp³-hybridized carbons (Fsp3) is 0.444. The summed E-state index contributed by atoms with van der Waals surface area (Å²) in [5, 5.41) is 0. The molecule has 2 aliphatic rings. The van der Waals surface area contributed by atoms with Crippen LogP contribution in [0, 0.1) is 0 Å². The smallest absolute Gasteiger partial charge is 0.240 e. The van der Waals surface area contributed by atoms with Gasteiger partial charge in [-0.25, -0.2) is 0 Å². The van der Waals surface area contributed by atoms with E-state index in [2.05, 4.69) is 0 Å². The van der Waals surface area contributed by atoms with E-state index in [9.17, 15) is 14.4 Å². The van der Waals surface area contributed by atoms with Crippen molar-refractivity contribution in [3.05, 3.63) is 53.6 Å². The molecule has 0 unspecified atom stereocenters. The Morgan fingerprint density at radius 2 is 1.86 bits per heavy atom. The van der Waals surface area contributed by atoms with Crippen molar-refractivity contribution < 1.29 is 33.3 Å². The molecule has 9 heteroatoms. The summed E-state index contributed by atoms with van der Waals surface area (Å²) < 4.78 is 21.7. The van der Waals surface area contributed by atoms with Gasteiger partial charge in [0, 0.05) is 27.0 Å². The van der Waals surface area contributed by atoms with Gasteiger partial charge in [0.15, 0.2) is 11.5 Å². The Morgan fingerprint density at radius 1 is 1.11 bits per heavy atom. The van der Waals surface area contributed by atoms with Crippen molar-refractivity contribution in [2.24, 2.45) is 0 Å². The molecular weight excluding hydrogens is 464 g/mol. The third-order valence-corrected chi connectivity index (χ3v) is 7.03. The SMILES string of the molecule is COCCN1C(=O)C[C@@](CC(=O)N(C)[C@H](C)c2ccc3c(c2)OCCO3)(c2cccc(OC)c2)C1=O. The number of carbonyl (C=O) groups excluding carboxylic acids is 3. The van der Waals surface area contributed by atoms with Crippen molar-refractivity contribution in [3.8, 4) is 17.2 Å². The maximum absolute atomic E-state index is 13.7. The minimum absolute atomic E-state index is 0.0965. The standard InChI is InChI=1S/C27H32N2O7/c1-18(19-8-9-22-23(14-19)36-13-12-35-22)28(2)24(30)16-27(20-6-5-7-21(15-20)34-4)17-25(31)29(26(27)32)10-11-33-3/h5-9,14-15,18H,10-13,16-17H2,1-4H3/t18-,27+/m1/s1. The molecule has 1 saturated heterocycles. The maximum atomic E-state index is 13.7. The molecule has 2 heterocycles. The molecule has 0 aliphatic carbocycles. The lowest BCUT2D eigenvalue weighted by atomic mass is 9.75. The number of amides is 3. The summed E-state index contributed by atoms with van der Waals surface area (Å²) >= 11 is 0. The van der Waals surface area contributed by atoms with E-state index < -0.39 is 11.3 Å². The van der Waals surface area contributed by atoms with Gasteiger partial charge in [-0.15, -0.1) is 0 Å². The second kappa shape index (κ2) is 10.6. The summed E-state index contributed by atoms with van der Waals surface area (Å²) in [6, 6.07) is 12.3. The first kappa shape index (κ1) is 25.5. The summed E-state index contributed by atoms with van der Waals surface area (Å²) in [6.07, 6.45) is -0.250. The van der Waals surface area contributed by atoms with Crippen LogP contribution in [0.3, 0.4) is 0 Å². The van der Waals surface area contributed by atoms with Gasteiger partial charge in [-0.1, -0.05) is 18.2 Å². The Labute approximate surface area is 210 Å². The summed E-state index contributed by atoms with van der Waals surface area (Å²) in [5.74, 6) is 0.892. The number of hydrogen-bond donors (Lipinski definition) is 0. The average molecular weight is 497 g/mol. The van der Waals surface area contributed by atoms with Crippen molar-refractivity contribution in [2.75, 3.05) is 47.6 Å². The third kappa shape index (κ3) is 4.75. The highest BCUT2D eigenvalue weighted by atomic mass is 16.6. The fourth-order valence-electron chi connectivity index (χ4n) is 4.74. The third-order valence-electron chi connectivity index (χ3n) is 7.03. The summed E-state index contributed by atoms with van der Waals surface area (Å²) in [5.41, 5.74) is 0.131. The minimum Gasteiger partial charge on any atom is -0.497 e. The number of likely N-dealkylation sites (tertiary alicyclic amines) is 1. The molecule has 0 saturated carbocycles. The van der Waals surface area contributed by atoms with Crippen molar-refractivity contribution in [3.63, 3.8) is 0 Å². The van der Waals surface area contributed by atoms with Gasteiger partial charge in [-0.05, 0) is 42.3 Å². The molecule has 36 heavy (non-hydrogen) atoms. The lowest BCUT2D eigenvalue weighted by Gasteiger charge is -2.32. The van der Waals surface area contributed by atoms with Crippen molar-refractivity contribution in [2.45, 2.75) is 31.2 Å². The minimum atomic E-state index is -1.32. The molecule has 2 aromatic rings. The van der Waals surface area contributed by atoms with Gasteiger partial charge in [-0.2, -0.15) is 0 Å². The molecule has 2 aliphatic heterocycles. The molecule has 4 rings (SSSR count). The van der Waals surface area contributed by atoms with E-state index in [0.29, 0.717) is 36.0 Å². The molecule has 3 amide bonds. The van der Waals surface area contributed by atoms with Crippen LogP contribution < -0.4 is 14.2 Å². The predicted octanol–water partition coefficient (Wildman–Crippen LogP) is 2.72. The van der Waals surface area contributed by atoms with E-state index in [1.54, 1.807) is 36.2 Å². The zero-order chi connectivity index (χ0) is 25.9. The van der Waals surface area contributed by atoms with Crippen LogP contribution in [0.4, 0.5) is 0 Å². The highest BCUT2D eigenvalue weighted by Gasteiger charge is 2.54. The second-order valence-electron chi connectivity index (χ2n) is 9.09. The molecule has 1 fully saturated rings. The lowest BCUT2D eigenvalue weighted by Crippen LogP contribution is -2.43. The number of fused-ring (bicyclic) bond motifs is 1. The zero-order valence-electron chi connectivity index (χ0n) is 21.1. The second-order valence-corrected chi connectivity index (χ2v) is 9.09. The lowest BCUT2D eigenvalue weighted by molar-refractivity contribution is -0.143. The monoisotopic (exact) mass is 496 g/mol. The van der Waals surface area contributed by atoms with Gasteiger partial charge in [0.1, 0.15) is 19.0 Å². The Balaban J connectivity index is 1.62. The molecule has 0 aromatic heterocycles. The Bertz CT molecular complexity index is 1150. The van der Waals surface area contributed by atoms with Crippen LogP contribution in [0.1, 0.15) is 36.9 Å². The number of carbonyl (C=O) groups is 3. The van der Waals surface area contributed by atoms with Crippen LogP contribution in [0.5, 0.6) is 17.2 Å². The van der Waals surface area contributed by atoms with Crippen LogP contribution >= 0.6 is 0 Å². The van der Waals surface area contributed by atoms with E-state index in [1.165, 1.54) is 19.1 Å². The molecule has 192 valence electrons. The normalized spacial score (nSPS) is 19.8. The first-order valence-corrected chi connectivity index (χ1v) is 11.9. The van der Waals surface area contributed by atoms with Crippen molar-refractivity contribution in [1.29, 1.82) is 0 Å². The Morgan fingerprint density at radius 3 is 2.58 bits per heavy atom. The number of rotatable bonds is 9. The van der Waals surface area contributed by atoms with Gasteiger partial charge >= 0.3 is 0 Å². The quantitative estimate of drug-likeness (QED) is 0.493. The number of hydrogen-bond acceptors (Lipinski definition) is 7. The van der Waals surface area contributed by atoms with Crippen LogP contribution in [0.25, 0.3) is 0 Å². The molecule has 0 spiro atoms. The van der Waals surface area contributed by atoms with E-state index in [-0.39, 0.29) is 43.8 Å². The van der Waals surface area contributed by atoms with Gasteiger partial charge in [0.05, 0.1) is 31.7 Å². The van der Waals surface area contributed by atoms with E-state index >= 15 is 0 Å². The number of methoxy groups -OCH3 is 2. The van der Waals surface area contributed by atoms with Crippen LogP contribution in [-0.4, -0.2) is 75.2 Å². The van der Waals surface area contributed by atoms with Crippen LogP contribution in [-0.2, 0) is 24.5 Å². The fourth-order valence-corrected chi connectivity index (χ4v) is 4.74. The van der Waals surface area contributed by atoms with Crippen molar-refractivity contribution in [1.82, 2.24) is 9.80 Å². The first-order valence-electron chi connectivity index (χ1n) is 11.9. The van der Waals surface area contributed by atoms with Crippen LogP contribution in [0.2, 0.25) is 0 Å². The molecule has 2 atom stereocenters. The molecule has 9 nitrogen and oxygen atoms in total. The van der Waals surface area contributed by atoms with Gasteiger partial charge < -0.3 is 23.8 Å². The number of nitrogens with zero attached hydrogens (tertiary/aromatic N) is 2. The molecule has 0 bridgehead atoms. The van der Waals surface area contributed by atoms with Crippen molar-refractivity contribution >= 4 is 17.7 Å². The largest absolute Gasteiger partial charge is 0.497 e. The topological polar surface area (TPSA) is 94.6 Å². The van der Waals surface area contributed by atoms with E-state index in [1.807, 2.05) is 25.1 Å². The summed E-state index contributed by atoms with van der Waals surface area (Å²) in [6.45, 7) is 3.24. The van der Waals surface area contributed by atoms with Gasteiger partial charge in [0.25, 0.3) is 0 Å². The highest BCUT2D eigenvalue weighted by Crippen LogP contribution is 2.42. The number of benzene rings is 2. The first-order chi connectivity index (χ1) is 17.3. The Kier molecular flexibility index (Phi) is 7.49. The Hall–Kier alpha value is -3.59. The van der Waals surface area contributed by atoms with Gasteiger partial charge in [-0.3, -0.25) is 19.3 Å². The average Bonchev–Trinajstić information content (AvgIpc) is 3.15. The van der Waals surface area contributed by atoms with E-state index in [4.69, 9.17) is 18.9 Å². The van der Waals surface area contributed by atoms with E-state index in [0.717, 1.165) is 5.56 Å². The summed E-state index contributed by atoms with van der Waals surface area (Å²) in [4.78, 5) is 43.1.